The largest absolute Gasteiger partial charge is 0.399 e. The first-order chi connectivity index (χ1) is 8.94. The van der Waals surface area contributed by atoms with Crippen molar-refractivity contribution in [2.45, 2.75) is 12.7 Å². The number of anilines is 2. The van der Waals surface area contributed by atoms with E-state index in [-0.39, 0.29) is 5.75 Å². The lowest BCUT2D eigenvalue weighted by atomic mass is 10.2. The van der Waals surface area contributed by atoms with Gasteiger partial charge >= 0.3 is 0 Å². The Hall–Kier alpha value is -2.01. The van der Waals surface area contributed by atoms with E-state index in [0.717, 1.165) is 5.56 Å². The highest BCUT2D eigenvalue weighted by Gasteiger charge is 2.11. The molecule has 0 heterocycles. The van der Waals surface area contributed by atoms with E-state index in [1.807, 2.05) is 19.1 Å². The molecule has 5 heteroatoms. The number of nitrogens with two attached hydrogens (primary N) is 1. The first kappa shape index (κ1) is 13.4. The normalized spacial score (nSPS) is 11.2. The van der Waals surface area contributed by atoms with Gasteiger partial charge in [0.05, 0.1) is 5.75 Å². The molecule has 2 aromatic carbocycles. The molecule has 0 aliphatic heterocycles. The fourth-order valence-electron chi connectivity index (χ4n) is 1.74. The molecular formula is C14H16N2O2S. The average molecular weight is 276 g/mol. The Morgan fingerprint density at radius 1 is 1.11 bits per heavy atom. The smallest absolute Gasteiger partial charge is 0.236 e. The zero-order chi connectivity index (χ0) is 13.9. The lowest BCUT2D eigenvalue weighted by Gasteiger charge is -2.08. The fraction of sp³-hybridized carbons (Fsp3) is 0.143. The highest BCUT2D eigenvalue weighted by Crippen LogP contribution is 2.15. The van der Waals surface area contributed by atoms with Crippen LogP contribution in [0.4, 0.5) is 11.4 Å². The predicted molar refractivity (Wildman–Crippen MR) is 78.3 cm³/mol. The van der Waals surface area contributed by atoms with E-state index >= 15 is 0 Å². The Bertz CT molecular complexity index is 664. The molecule has 2 rings (SSSR count). The molecular weight excluding hydrogens is 260 g/mol. The van der Waals surface area contributed by atoms with Gasteiger partial charge in [0, 0.05) is 11.4 Å². The minimum atomic E-state index is -3.42. The number of nitrogen functional groups attached to an aromatic ring is 1. The molecule has 0 unspecified atom stereocenters. The molecule has 0 atom stereocenters. The maximum Gasteiger partial charge on any atom is 0.236 e. The van der Waals surface area contributed by atoms with E-state index in [2.05, 4.69) is 4.72 Å². The number of benzene rings is 2. The Morgan fingerprint density at radius 3 is 2.42 bits per heavy atom. The Morgan fingerprint density at radius 2 is 1.79 bits per heavy atom. The van der Waals surface area contributed by atoms with Crippen molar-refractivity contribution in [1.82, 2.24) is 0 Å². The highest BCUT2D eigenvalue weighted by atomic mass is 32.2. The second kappa shape index (κ2) is 5.32. The summed E-state index contributed by atoms with van der Waals surface area (Å²) in [7, 11) is -3.42. The summed E-state index contributed by atoms with van der Waals surface area (Å²) in [5, 5.41) is 0. The molecule has 19 heavy (non-hydrogen) atoms. The van der Waals surface area contributed by atoms with Crippen LogP contribution in [0.2, 0.25) is 0 Å². The second-order valence-corrected chi connectivity index (χ2v) is 6.19. The monoisotopic (exact) mass is 276 g/mol. The summed E-state index contributed by atoms with van der Waals surface area (Å²) in [4.78, 5) is 0. The zero-order valence-electron chi connectivity index (χ0n) is 10.6. The summed E-state index contributed by atoms with van der Waals surface area (Å²) >= 11 is 0. The molecule has 0 bridgehead atoms. The van der Waals surface area contributed by atoms with Crippen LogP contribution in [0, 0.1) is 6.92 Å². The predicted octanol–water partition coefficient (Wildman–Crippen LogP) is 2.52. The van der Waals surface area contributed by atoms with Crippen molar-refractivity contribution in [2.24, 2.45) is 0 Å². The number of hydrogen-bond acceptors (Lipinski definition) is 3. The van der Waals surface area contributed by atoms with Crippen LogP contribution in [0.15, 0.2) is 48.5 Å². The number of aryl methyl sites for hydroxylation is 1. The molecule has 0 aliphatic carbocycles. The van der Waals surface area contributed by atoms with Crippen LogP contribution in [0.3, 0.4) is 0 Å². The van der Waals surface area contributed by atoms with Gasteiger partial charge in [-0.1, -0.05) is 29.8 Å². The summed E-state index contributed by atoms with van der Waals surface area (Å²) in [6.45, 7) is 1.95. The van der Waals surface area contributed by atoms with Crippen molar-refractivity contribution >= 4 is 21.4 Å². The van der Waals surface area contributed by atoms with E-state index in [1.165, 1.54) is 0 Å². The van der Waals surface area contributed by atoms with Crippen LogP contribution >= 0.6 is 0 Å². The van der Waals surface area contributed by atoms with Gasteiger partial charge < -0.3 is 5.73 Å². The van der Waals surface area contributed by atoms with Crippen LogP contribution in [0.1, 0.15) is 11.1 Å². The van der Waals surface area contributed by atoms with E-state index in [0.29, 0.717) is 16.9 Å². The van der Waals surface area contributed by atoms with Gasteiger partial charge in [-0.25, -0.2) is 8.42 Å². The Balaban J connectivity index is 2.13. The number of rotatable bonds is 4. The molecule has 100 valence electrons. The Labute approximate surface area is 113 Å². The van der Waals surface area contributed by atoms with Crippen molar-refractivity contribution in [3.63, 3.8) is 0 Å². The van der Waals surface area contributed by atoms with Crippen molar-refractivity contribution in [3.05, 3.63) is 59.7 Å². The van der Waals surface area contributed by atoms with E-state index in [9.17, 15) is 8.42 Å². The highest BCUT2D eigenvalue weighted by molar-refractivity contribution is 7.91. The van der Waals surface area contributed by atoms with Gasteiger partial charge in [-0.3, -0.25) is 4.72 Å². The van der Waals surface area contributed by atoms with Crippen LogP contribution in [-0.2, 0) is 15.8 Å². The third-order valence-corrected chi connectivity index (χ3v) is 3.89. The maximum atomic E-state index is 12.0. The van der Waals surface area contributed by atoms with Crippen LogP contribution < -0.4 is 10.5 Å². The quantitative estimate of drug-likeness (QED) is 0.843. The third kappa shape index (κ3) is 3.99. The van der Waals surface area contributed by atoms with E-state index in [4.69, 9.17) is 5.73 Å². The molecule has 0 amide bonds. The summed E-state index contributed by atoms with van der Waals surface area (Å²) in [5.41, 5.74) is 8.50. The van der Waals surface area contributed by atoms with Crippen LogP contribution in [-0.4, -0.2) is 8.42 Å². The summed E-state index contributed by atoms with van der Waals surface area (Å²) in [6, 6.07) is 14.1. The van der Waals surface area contributed by atoms with Gasteiger partial charge in [-0.15, -0.1) is 0 Å². The third-order valence-electron chi connectivity index (χ3n) is 2.63. The average Bonchev–Trinajstić information content (AvgIpc) is 2.31. The standard InChI is InChI=1S/C14H16N2O2S/c1-11-5-7-14(8-6-11)16-19(17,18)10-12-3-2-4-13(15)9-12/h2-9,16H,10,15H2,1H3. The van der Waals surface area contributed by atoms with Crippen LogP contribution in [0.5, 0.6) is 0 Å². The van der Waals surface area contributed by atoms with Gasteiger partial charge in [0.1, 0.15) is 0 Å². The fourth-order valence-corrected chi connectivity index (χ4v) is 2.93. The van der Waals surface area contributed by atoms with Crippen molar-refractivity contribution < 1.29 is 8.42 Å². The molecule has 0 fully saturated rings. The first-order valence-electron chi connectivity index (χ1n) is 5.86. The topological polar surface area (TPSA) is 72.2 Å². The minimum Gasteiger partial charge on any atom is -0.399 e. The molecule has 0 spiro atoms. The molecule has 3 N–H and O–H groups in total. The van der Waals surface area contributed by atoms with Crippen molar-refractivity contribution in [1.29, 1.82) is 0 Å². The minimum absolute atomic E-state index is 0.0914. The number of sulfonamides is 1. The van der Waals surface area contributed by atoms with Crippen molar-refractivity contribution in [3.8, 4) is 0 Å². The summed E-state index contributed by atoms with van der Waals surface area (Å²) in [5.74, 6) is -0.0914. The van der Waals surface area contributed by atoms with Gasteiger partial charge in [0.2, 0.25) is 10.0 Å². The summed E-state index contributed by atoms with van der Waals surface area (Å²) < 4.78 is 26.6. The summed E-state index contributed by atoms with van der Waals surface area (Å²) in [6.07, 6.45) is 0. The van der Waals surface area contributed by atoms with Crippen molar-refractivity contribution in [2.75, 3.05) is 10.5 Å². The zero-order valence-corrected chi connectivity index (χ0v) is 11.4. The van der Waals surface area contributed by atoms with Gasteiger partial charge in [-0.2, -0.15) is 0 Å². The molecule has 0 saturated heterocycles. The number of hydrogen-bond donors (Lipinski definition) is 2. The second-order valence-electron chi connectivity index (χ2n) is 4.47. The Kier molecular flexibility index (Phi) is 3.76. The molecule has 0 radical (unpaired) electrons. The lowest BCUT2D eigenvalue weighted by Crippen LogP contribution is -2.15. The van der Waals surface area contributed by atoms with Crippen LogP contribution in [0.25, 0.3) is 0 Å². The lowest BCUT2D eigenvalue weighted by molar-refractivity contribution is 0.600. The molecule has 0 aliphatic rings. The molecule has 0 saturated carbocycles. The van der Waals surface area contributed by atoms with Gasteiger partial charge in [0.15, 0.2) is 0 Å². The molecule has 2 aromatic rings. The van der Waals surface area contributed by atoms with E-state index in [1.54, 1.807) is 36.4 Å². The van der Waals surface area contributed by atoms with Gasteiger partial charge in [0.25, 0.3) is 0 Å². The molecule has 4 nitrogen and oxygen atoms in total. The SMILES string of the molecule is Cc1ccc(NS(=O)(=O)Cc2cccc(N)c2)cc1. The first-order valence-corrected chi connectivity index (χ1v) is 7.51. The van der Waals surface area contributed by atoms with Gasteiger partial charge in [-0.05, 0) is 36.8 Å². The van der Waals surface area contributed by atoms with E-state index < -0.39 is 10.0 Å². The number of nitrogens with one attached hydrogen (secondary N) is 1. The maximum absolute atomic E-state index is 12.0. The molecule has 0 aromatic heterocycles.